The van der Waals surface area contributed by atoms with Gasteiger partial charge in [0.1, 0.15) is 0 Å². The van der Waals surface area contributed by atoms with Gasteiger partial charge in [0.25, 0.3) is 0 Å². The molecule has 90 valence electrons. The Labute approximate surface area is 94.0 Å². The van der Waals surface area contributed by atoms with E-state index in [9.17, 15) is 0 Å². The quantitative estimate of drug-likeness (QED) is 0.773. The molecule has 1 heterocycles. The highest BCUT2D eigenvalue weighted by Crippen LogP contribution is 2.19. The van der Waals surface area contributed by atoms with Crippen molar-refractivity contribution in [3.05, 3.63) is 0 Å². The van der Waals surface area contributed by atoms with Gasteiger partial charge in [0.2, 0.25) is 0 Å². The zero-order valence-corrected chi connectivity index (χ0v) is 10.7. The van der Waals surface area contributed by atoms with Crippen LogP contribution in [0.25, 0.3) is 0 Å². The summed E-state index contributed by atoms with van der Waals surface area (Å²) in [5, 5.41) is 0. The van der Waals surface area contributed by atoms with Gasteiger partial charge in [0, 0.05) is 25.2 Å². The summed E-state index contributed by atoms with van der Waals surface area (Å²) >= 11 is 0. The average Bonchev–Trinajstić information content (AvgIpc) is 1.99. The zero-order valence-electron chi connectivity index (χ0n) is 10.7. The summed E-state index contributed by atoms with van der Waals surface area (Å²) in [7, 11) is 0. The summed E-state index contributed by atoms with van der Waals surface area (Å²) < 4.78 is 5.69. The number of ether oxygens (including phenoxy) is 1. The van der Waals surface area contributed by atoms with E-state index in [0.29, 0.717) is 0 Å². The summed E-state index contributed by atoms with van der Waals surface area (Å²) in [4.78, 5) is 2.43. The lowest BCUT2D eigenvalue weighted by molar-refractivity contribution is -0.0897. The van der Waals surface area contributed by atoms with Gasteiger partial charge in [0.15, 0.2) is 0 Å². The van der Waals surface area contributed by atoms with Crippen LogP contribution in [-0.4, -0.2) is 42.3 Å². The van der Waals surface area contributed by atoms with Crippen LogP contribution in [0.1, 0.15) is 40.5 Å². The molecule has 3 heteroatoms. The Morgan fingerprint density at radius 1 is 1.47 bits per heavy atom. The van der Waals surface area contributed by atoms with Crippen molar-refractivity contribution in [3.8, 4) is 0 Å². The summed E-state index contributed by atoms with van der Waals surface area (Å²) in [5.41, 5.74) is 6.20. The standard InChI is InChI=1S/C12H26N2O/c1-5-6-12(4,13)10-14-7-8-15-11(2,3)9-14/h5-10,13H2,1-4H3. The smallest absolute Gasteiger partial charge is 0.0753 e. The molecular formula is C12H26N2O. The first-order chi connectivity index (χ1) is 6.85. The molecule has 0 saturated carbocycles. The highest BCUT2D eigenvalue weighted by Gasteiger charge is 2.30. The number of hydrogen-bond donors (Lipinski definition) is 1. The van der Waals surface area contributed by atoms with Crippen LogP contribution in [0.15, 0.2) is 0 Å². The van der Waals surface area contributed by atoms with E-state index < -0.39 is 0 Å². The van der Waals surface area contributed by atoms with Crippen molar-refractivity contribution in [3.63, 3.8) is 0 Å². The maximum absolute atomic E-state index is 6.26. The average molecular weight is 214 g/mol. The van der Waals surface area contributed by atoms with Crippen LogP contribution in [0.5, 0.6) is 0 Å². The van der Waals surface area contributed by atoms with Crippen LogP contribution in [-0.2, 0) is 4.74 Å². The van der Waals surface area contributed by atoms with Gasteiger partial charge in [-0.25, -0.2) is 0 Å². The molecule has 3 nitrogen and oxygen atoms in total. The maximum atomic E-state index is 6.26. The van der Waals surface area contributed by atoms with E-state index in [-0.39, 0.29) is 11.1 Å². The molecule has 0 spiro atoms. The Balaban J connectivity index is 2.44. The lowest BCUT2D eigenvalue weighted by Crippen LogP contribution is -2.55. The van der Waals surface area contributed by atoms with Crippen molar-refractivity contribution >= 4 is 0 Å². The third kappa shape index (κ3) is 4.49. The molecule has 0 bridgehead atoms. The molecule has 0 aromatic carbocycles. The third-order valence-corrected chi connectivity index (χ3v) is 2.91. The summed E-state index contributed by atoms with van der Waals surface area (Å²) in [5.74, 6) is 0. The number of nitrogens with zero attached hydrogens (tertiary/aromatic N) is 1. The van der Waals surface area contributed by atoms with Gasteiger partial charge in [-0.2, -0.15) is 0 Å². The van der Waals surface area contributed by atoms with Crippen molar-refractivity contribution in [1.82, 2.24) is 4.90 Å². The van der Waals surface area contributed by atoms with Crippen molar-refractivity contribution < 1.29 is 4.74 Å². The van der Waals surface area contributed by atoms with Crippen molar-refractivity contribution in [2.75, 3.05) is 26.2 Å². The molecule has 1 aliphatic rings. The molecule has 0 aromatic rings. The third-order valence-electron chi connectivity index (χ3n) is 2.91. The van der Waals surface area contributed by atoms with E-state index in [0.717, 1.165) is 39.1 Å². The molecule has 1 fully saturated rings. The number of hydrogen-bond acceptors (Lipinski definition) is 3. The van der Waals surface area contributed by atoms with Crippen LogP contribution < -0.4 is 5.73 Å². The fourth-order valence-corrected chi connectivity index (χ4v) is 2.41. The first kappa shape index (κ1) is 12.9. The summed E-state index contributed by atoms with van der Waals surface area (Å²) in [6.45, 7) is 12.4. The molecular weight excluding hydrogens is 188 g/mol. The Bertz CT molecular complexity index is 202. The van der Waals surface area contributed by atoms with Crippen molar-refractivity contribution in [2.45, 2.75) is 51.7 Å². The van der Waals surface area contributed by atoms with E-state index in [4.69, 9.17) is 10.5 Å². The minimum atomic E-state index is -0.0534. The largest absolute Gasteiger partial charge is 0.373 e. The molecule has 1 atom stereocenters. The van der Waals surface area contributed by atoms with Gasteiger partial charge in [-0.1, -0.05) is 13.3 Å². The number of nitrogens with two attached hydrogens (primary N) is 1. The molecule has 0 aromatic heterocycles. The van der Waals surface area contributed by atoms with Gasteiger partial charge in [-0.15, -0.1) is 0 Å². The predicted molar refractivity (Wildman–Crippen MR) is 64.0 cm³/mol. The van der Waals surface area contributed by atoms with Crippen molar-refractivity contribution in [1.29, 1.82) is 0 Å². The first-order valence-corrected chi connectivity index (χ1v) is 6.00. The van der Waals surface area contributed by atoms with Gasteiger partial charge >= 0.3 is 0 Å². The maximum Gasteiger partial charge on any atom is 0.0753 e. The second-order valence-corrected chi connectivity index (χ2v) is 5.72. The molecule has 1 rings (SSSR count). The molecule has 1 saturated heterocycles. The minimum Gasteiger partial charge on any atom is -0.373 e. The lowest BCUT2D eigenvalue weighted by atomic mass is 9.95. The second kappa shape index (κ2) is 4.81. The zero-order chi connectivity index (χ0) is 11.5. The van der Waals surface area contributed by atoms with Gasteiger partial charge in [0.05, 0.1) is 12.2 Å². The van der Waals surface area contributed by atoms with Gasteiger partial charge in [-0.3, -0.25) is 4.90 Å². The SMILES string of the molecule is CCCC(C)(N)CN1CCOC(C)(C)C1. The van der Waals surface area contributed by atoms with Gasteiger partial charge < -0.3 is 10.5 Å². The van der Waals surface area contributed by atoms with Crippen LogP contribution in [0.3, 0.4) is 0 Å². The molecule has 0 radical (unpaired) electrons. The van der Waals surface area contributed by atoms with Crippen LogP contribution in [0.4, 0.5) is 0 Å². The molecule has 1 aliphatic heterocycles. The van der Waals surface area contributed by atoms with Crippen molar-refractivity contribution in [2.24, 2.45) is 5.73 Å². The van der Waals surface area contributed by atoms with Crippen LogP contribution >= 0.6 is 0 Å². The van der Waals surface area contributed by atoms with E-state index in [2.05, 4.69) is 32.6 Å². The monoisotopic (exact) mass is 214 g/mol. The molecule has 1 unspecified atom stereocenters. The Hall–Kier alpha value is -0.120. The second-order valence-electron chi connectivity index (χ2n) is 5.72. The fraction of sp³-hybridized carbons (Fsp3) is 1.00. The Kier molecular flexibility index (Phi) is 4.15. The number of morpholine rings is 1. The molecule has 2 N–H and O–H groups in total. The van der Waals surface area contributed by atoms with E-state index in [1.807, 2.05) is 0 Å². The summed E-state index contributed by atoms with van der Waals surface area (Å²) in [6.07, 6.45) is 2.24. The summed E-state index contributed by atoms with van der Waals surface area (Å²) in [6, 6.07) is 0. The van der Waals surface area contributed by atoms with E-state index in [1.165, 1.54) is 0 Å². The highest BCUT2D eigenvalue weighted by molar-refractivity contribution is 4.87. The molecule has 0 aliphatic carbocycles. The van der Waals surface area contributed by atoms with Crippen LogP contribution in [0, 0.1) is 0 Å². The predicted octanol–water partition coefficient (Wildman–Crippen LogP) is 1.61. The highest BCUT2D eigenvalue weighted by atomic mass is 16.5. The van der Waals surface area contributed by atoms with Crippen LogP contribution in [0.2, 0.25) is 0 Å². The Morgan fingerprint density at radius 3 is 2.67 bits per heavy atom. The van der Waals surface area contributed by atoms with E-state index >= 15 is 0 Å². The van der Waals surface area contributed by atoms with E-state index in [1.54, 1.807) is 0 Å². The Morgan fingerprint density at radius 2 is 2.13 bits per heavy atom. The normalized spacial score (nSPS) is 26.2. The minimum absolute atomic E-state index is 0.0133. The lowest BCUT2D eigenvalue weighted by Gasteiger charge is -2.41. The molecule has 15 heavy (non-hydrogen) atoms. The molecule has 0 amide bonds. The fourth-order valence-electron chi connectivity index (χ4n) is 2.41. The number of rotatable bonds is 4. The van der Waals surface area contributed by atoms with Gasteiger partial charge in [-0.05, 0) is 27.2 Å². The topological polar surface area (TPSA) is 38.5 Å². The first-order valence-electron chi connectivity index (χ1n) is 6.00.